The van der Waals surface area contributed by atoms with Gasteiger partial charge in [0.1, 0.15) is 5.82 Å². The minimum Gasteiger partial charge on any atom is -0.380 e. The maximum absolute atomic E-state index is 12.8. The summed E-state index contributed by atoms with van der Waals surface area (Å²) >= 11 is 5.58. The molecule has 1 aliphatic rings. The Hall–Kier alpha value is -1.50. The highest BCUT2D eigenvalue weighted by molar-refractivity contribution is 6.31. The first kappa shape index (κ1) is 10.0. The van der Waals surface area contributed by atoms with Gasteiger partial charge in [-0.15, -0.1) is 4.94 Å². The van der Waals surface area contributed by atoms with Gasteiger partial charge < -0.3 is 5.73 Å². The summed E-state index contributed by atoms with van der Waals surface area (Å²) in [4.78, 5) is 4.78. The van der Waals surface area contributed by atoms with E-state index >= 15 is 0 Å². The zero-order chi connectivity index (χ0) is 11.0. The summed E-state index contributed by atoms with van der Waals surface area (Å²) in [6.07, 6.45) is 1.32. The fourth-order valence-electron chi connectivity index (χ4n) is 1.07. The molecule has 1 aromatic rings. The summed E-state index contributed by atoms with van der Waals surface area (Å²) in [6, 6.07) is 3.97. The number of halogens is 2. The van der Waals surface area contributed by atoms with Crippen molar-refractivity contribution in [3.63, 3.8) is 0 Å². The van der Waals surface area contributed by atoms with Gasteiger partial charge in [0.15, 0.2) is 5.82 Å². The van der Waals surface area contributed by atoms with E-state index in [0.717, 1.165) is 5.06 Å². The van der Waals surface area contributed by atoms with E-state index in [0.29, 0.717) is 10.9 Å². The monoisotopic (exact) mass is 231 g/mol. The molecule has 15 heavy (non-hydrogen) atoms. The van der Waals surface area contributed by atoms with Gasteiger partial charge in [-0.3, -0.25) is 5.21 Å². The van der Waals surface area contributed by atoms with E-state index < -0.39 is 5.82 Å². The van der Waals surface area contributed by atoms with Crippen LogP contribution in [0.3, 0.4) is 0 Å². The lowest BCUT2D eigenvalue weighted by Crippen LogP contribution is -2.22. The molecule has 0 amide bonds. The average Bonchev–Trinajstić information content (AvgIpc) is 2.52. The molecule has 0 saturated carbocycles. The molecule has 0 aliphatic carbocycles. The lowest BCUT2D eigenvalue weighted by Gasteiger charge is -2.15. The Bertz CT molecular complexity index is 426. The molecular weight excluding hydrogens is 225 g/mol. The van der Waals surface area contributed by atoms with Gasteiger partial charge in [-0.1, -0.05) is 16.8 Å². The van der Waals surface area contributed by atoms with E-state index in [4.69, 9.17) is 27.5 Å². The van der Waals surface area contributed by atoms with Gasteiger partial charge in [0.25, 0.3) is 0 Å². The second-order valence-corrected chi connectivity index (χ2v) is 3.24. The number of hydroxylamine groups is 3. The molecule has 0 spiro atoms. The van der Waals surface area contributed by atoms with Crippen LogP contribution < -0.4 is 10.8 Å². The van der Waals surface area contributed by atoms with Crippen LogP contribution in [0.5, 0.6) is 0 Å². The number of benzene rings is 1. The summed E-state index contributed by atoms with van der Waals surface area (Å²) in [5.74, 6) is -0.520. The molecule has 0 unspecified atom stereocenters. The largest absolute Gasteiger partial charge is 0.380 e. The molecule has 1 aliphatic heterocycles. The van der Waals surface area contributed by atoms with Crippen LogP contribution in [0.1, 0.15) is 0 Å². The molecule has 5 nitrogen and oxygen atoms in total. The molecule has 0 radical (unpaired) electrons. The first-order valence-electron chi connectivity index (χ1n) is 3.96. The molecular formula is C8H7ClFN3O2. The van der Waals surface area contributed by atoms with Crippen LogP contribution in [-0.4, -0.2) is 10.4 Å². The van der Waals surface area contributed by atoms with E-state index in [9.17, 15) is 4.39 Å². The molecule has 1 heterocycles. The standard InChI is InChI=1S/C8H7ClFN3O2/c9-6-3-5(1-2-7(6)10)12-4-8(11)13(14)15-12/h1-4,14H,11H2. The van der Waals surface area contributed by atoms with Crippen LogP contribution in [0.15, 0.2) is 30.2 Å². The Morgan fingerprint density at radius 2 is 2.20 bits per heavy atom. The van der Waals surface area contributed by atoms with Crippen molar-refractivity contribution in [2.24, 2.45) is 5.73 Å². The minimum atomic E-state index is -0.530. The maximum Gasteiger partial charge on any atom is 0.176 e. The van der Waals surface area contributed by atoms with Crippen molar-refractivity contribution in [2.45, 2.75) is 0 Å². The van der Waals surface area contributed by atoms with E-state index in [1.807, 2.05) is 0 Å². The van der Waals surface area contributed by atoms with Crippen molar-refractivity contribution in [2.75, 3.05) is 5.06 Å². The normalized spacial score (nSPS) is 15.8. The van der Waals surface area contributed by atoms with Gasteiger partial charge in [0, 0.05) is 0 Å². The van der Waals surface area contributed by atoms with Crippen LogP contribution in [0.2, 0.25) is 5.02 Å². The molecule has 1 aromatic carbocycles. The summed E-state index contributed by atoms with van der Waals surface area (Å²) in [6.45, 7) is 0. The van der Waals surface area contributed by atoms with Crippen molar-refractivity contribution < 1.29 is 14.5 Å². The number of nitrogens with two attached hydrogens (primary N) is 1. The first-order valence-corrected chi connectivity index (χ1v) is 4.34. The van der Waals surface area contributed by atoms with Gasteiger partial charge in [-0.2, -0.15) is 5.06 Å². The van der Waals surface area contributed by atoms with Crippen LogP contribution in [0.25, 0.3) is 0 Å². The third kappa shape index (κ3) is 1.82. The number of hydrogen-bond donors (Lipinski definition) is 2. The highest BCUT2D eigenvalue weighted by atomic mass is 35.5. The molecule has 0 bridgehead atoms. The zero-order valence-corrected chi connectivity index (χ0v) is 8.15. The van der Waals surface area contributed by atoms with Crippen molar-refractivity contribution in [3.05, 3.63) is 41.1 Å². The van der Waals surface area contributed by atoms with E-state index in [-0.39, 0.29) is 10.8 Å². The highest BCUT2D eigenvalue weighted by Crippen LogP contribution is 2.26. The van der Waals surface area contributed by atoms with E-state index in [2.05, 4.69) is 0 Å². The molecule has 0 atom stereocenters. The van der Waals surface area contributed by atoms with E-state index in [1.54, 1.807) is 0 Å². The Morgan fingerprint density at radius 1 is 1.47 bits per heavy atom. The second-order valence-electron chi connectivity index (χ2n) is 2.83. The molecule has 0 saturated heterocycles. The Balaban J connectivity index is 2.28. The number of anilines is 1. The Morgan fingerprint density at radius 3 is 2.73 bits per heavy atom. The molecule has 0 aromatic heterocycles. The van der Waals surface area contributed by atoms with Gasteiger partial charge in [0.05, 0.1) is 16.9 Å². The topological polar surface area (TPSA) is 62.0 Å². The smallest absolute Gasteiger partial charge is 0.176 e. The summed E-state index contributed by atoms with van der Waals surface area (Å²) < 4.78 is 12.8. The second kappa shape index (κ2) is 3.58. The van der Waals surface area contributed by atoms with Crippen molar-refractivity contribution in [3.8, 4) is 0 Å². The lowest BCUT2D eigenvalue weighted by atomic mass is 10.3. The van der Waals surface area contributed by atoms with Crippen LogP contribution in [0.4, 0.5) is 10.1 Å². The predicted octanol–water partition coefficient (Wildman–Crippen LogP) is 1.59. The number of nitrogens with zero attached hydrogens (tertiary/aromatic N) is 2. The predicted molar refractivity (Wildman–Crippen MR) is 50.9 cm³/mol. The van der Waals surface area contributed by atoms with Crippen molar-refractivity contribution in [1.82, 2.24) is 5.23 Å². The van der Waals surface area contributed by atoms with Crippen molar-refractivity contribution in [1.29, 1.82) is 0 Å². The quantitative estimate of drug-likeness (QED) is 0.769. The SMILES string of the molecule is NC1=CN(c2ccc(F)c(Cl)c2)ON1O. The minimum absolute atomic E-state index is 0.00967. The van der Waals surface area contributed by atoms with Crippen LogP contribution in [0, 0.1) is 5.82 Å². The highest BCUT2D eigenvalue weighted by Gasteiger charge is 2.20. The average molecular weight is 232 g/mol. The number of rotatable bonds is 1. The molecule has 80 valence electrons. The van der Waals surface area contributed by atoms with Crippen LogP contribution in [-0.2, 0) is 4.94 Å². The molecule has 2 rings (SSSR count). The summed E-state index contributed by atoms with van der Waals surface area (Å²) in [5.41, 5.74) is 5.78. The third-order valence-electron chi connectivity index (χ3n) is 1.79. The van der Waals surface area contributed by atoms with Gasteiger partial charge in [-0.05, 0) is 18.2 Å². The van der Waals surface area contributed by atoms with Gasteiger partial charge in [0.2, 0.25) is 0 Å². The Labute approximate surface area is 89.6 Å². The van der Waals surface area contributed by atoms with Crippen molar-refractivity contribution >= 4 is 17.3 Å². The lowest BCUT2D eigenvalue weighted by molar-refractivity contribution is -0.304. The van der Waals surface area contributed by atoms with Gasteiger partial charge in [-0.25, -0.2) is 4.39 Å². The molecule has 0 fully saturated rings. The summed E-state index contributed by atoms with van der Waals surface area (Å²) in [7, 11) is 0. The zero-order valence-electron chi connectivity index (χ0n) is 7.39. The molecule has 7 heteroatoms. The number of hydrogen-bond acceptors (Lipinski definition) is 5. The van der Waals surface area contributed by atoms with Gasteiger partial charge >= 0.3 is 0 Å². The fourth-order valence-corrected chi connectivity index (χ4v) is 1.24. The maximum atomic E-state index is 12.8. The first-order chi connectivity index (χ1) is 7.08. The molecule has 3 N–H and O–H groups in total. The summed E-state index contributed by atoms with van der Waals surface area (Å²) in [5, 5.41) is 10.5. The van der Waals surface area contributed by atoms with Crippen LogP contribution >= 0.6 is 11.6 Å². The third-order valence-corrected chi connectivity index (χ3v) is 2.08. The van der Waals surface area contributed by atoms with E-state index in [1.165, 1.54) is 24.4 Å². The Kier molecular flexibility index (Phi) is 2.39. The fraction of sp³-hybridized carbons (Fsp3) is 0.